The summed E-state index contributed by atoms with van der Waals surface area (Å²) in [4.78, 5) is 41.7. The van der Waals surface area contributed by atoms with E-state index in [1.165, 1.54) is 15.7 Å². The number of nitrogens with zero attached hydrogens (tertiary/aromatic N) is 2. The van der Waals surface area contributed by atoms with Gasteiger partial charge < -0.3 is 10.2 Å². The Morgan fingerprint density at radius 1 is 1.28 bits per heavy atom. The molecule has 3 aromatic rings. The first-order chi connectivity index (χ1) is 13.9. The van der Waals surface area contributed by atoms with E-state index in [0.29, 0.717) is 24.3 Å². The summed E-state index contributed by atoms with van der Waals surface area (Å²) in [5, 5.41) is 0. The number of H-pyrrole nitrogens is 1. The number of aromatic amines is 1. The van der Waals surface area contributed by atoms with E-state index in [2.05, 4.69) is 20.9 Å². The van der Waals surface area contributed by atoms with Gasteiger partial charge in [0.05, 0.1) is 12.8 Å². The van der Waals surface area contributed by atoms with Crippen molar-refractivity contribution in [1.29, 1.82) is 0 Å². The van der Waals surface area contributed by atoms with Gasteiger partial charge >= 0.3 is 5.69 Å². The Morgan fingerprint density at radius 2 is 2.07 bits per heavy atom. The molecule has 0 fully saturated rings. The van der Waals surface area contributed by atoms with Crippen LogP contribution in [0.3, 0.4) is 0 Å². The second-order valence-corrected chi connectivity index (χ2v) is 7.39. The molecule has 0 saturated heterocycles. The van der Waals surface area contributed by atoms with Crippen molar-refractivity contribution >= 4 is 33.3 Å². The second kappa shape index (κ2) is 8.95. The van der Waals surface area contributed by atoms with E-state index >= 15 is 0 Å². The molecule has 1 amide bonds. The van der Waals surface area contributed by atoms with Crippen molar-refractivity contribution in [3.8, 4) is 0 Å². The van der Waals surface area contributed by atoms with E-state index in [-0.39, 0.29) is 18.1 Å². The van der Waals surface area contributed by atoms with Crippen LogP contribution in [0.1, 0.15) is 35.9 Å². The Kier molecular flexibility index (Phi) is 6.38. The second-order valence-electron chi connectivity index (χ2n) is 6.48. The Bertz CT molecular complexity index is 1120. The van der Waals surface area contributed by atoms with Crippen molar-refractivity contribution in [2.75, 3.05) is 10.6 Å². The molecule has 0 unspecified atom stereocenters. The zero-order valence-electron chi connectivity index (χ0n) is 15.9. The maximum absolute atomic E-state index is 13.3. The van der Waals surface area contributed by atoms with Crippen LogP contribution >= 0.6 is 15.9 Å². The van der Waals surface area contributed by atoms with Gasteiger partial charge in [-0.15, -0.1) is 0 Å². The smallest absolute Gasteiger partial charge is 0.330 e. The van der Waals surface area contributed by atoms with Crippen LogP contribution in [0.2, 0.25) is 0 Å². The monoisotopic (exact) mass is 460 g/mol. The Labute approximate surface area is 175 Å². The van der Waals surface area contributed by atoms with Gasteiger partial charge in [-0.3, -0.25) is 24.0 Å². The van der Waals surface area contributed by atoms with Crippen molar-refractivity contribution < 1.29 is 9.21 Å². The largest absolute Gasteiger partial charge is 0.467 e. The molecule has 0 radical (unpaired) electrons. The minimum Gasteiger partial charge on any atom is -0.467 e. The molecule has 29 heavy (non-hydrogen) atoms. The molecule has 0 bridgehead atoms. The SMILES string of the molecule is CCCCn1c(N)c(N(Cc2ccco2)C(=O)c2cccc(Br)c2)c(=O)[nH]c1=O. The van der Waals surface area contributed by atoms with Crippen molar-refractivity contribution in [1.82, 2.24) is 9.55 Å². The third-order valence-corrected chi connectivity index (χ3v) is 4.92. The summed E-state index contributed by atoms with van der Waals surface area (Å²) in [6.07, 6.45) is 3.02. The van der Waals surface area contributed by atoms with Crippen LogP contribution in [0.4, 0.5) is 11.5 Å². The van der Waals surface area contributed by atoms with Crippen LogP contribution in [0.25, 0.3) is 0 Å². The molecule has 2 aromatic heterocycles. The van der Waals surface area contributed by atoms with E-state index < -0.39 is 17.2 Å². The van der Waals surface area contributed by atoms with Gasteiger partial charge in [0, 0.05) is 16.6 Å². The van der Waals surface area contributed by atoms with Gasteiger partial charge in [-0.25, -0.2) is 4.79 Å². The third kappa shape index (κ3) is 4.51. The lowest BCUT2D eigenvalue weighted by Crippen LogP contribution is -2.41. The number of hydrogen-bond donors (Lipinski definition) is 2. The summed E-state index contributed by atoms with van der Waals surface area (Å²) in [5.74, 6) is -0.0267. The molecule has 3 N–H and O–H groups in total. The van der Waals surface area contributed by atoms with E-state index in [1.807, 2.05) is 6.92 Å². The van der Waals surface area contributed by atoms with Gasteiger partial charge in [-0.2, -0.15) is 0 Å². The van der Waals surface area contributed by atoms with Gasteiger partial charge in [0.15, 0.2) is 5.69 Å². The van der Waals surface area contributed by atoms with Gasteiger partial charge in [0.2, 0.25) is 0 Å². The quantitative estimate of drug-likeness (QED) is 0.561. The number of amides is 1. The van der Waals surface area contributed by atoms with E-state index in [4.69, 9.17) is 10.2 Å². The Hall–Kier alpha value is -3.07. The lowest BCUT2D eigenvalue weighted by Gasteiger charge is -2.24. The molecule has 3 rings (SSSR count). The van der Waals surface area contributed by atoms with Crippen LogP contribution < -0.4 is 21.9 Å². The van der Waals surface area contributed by atoms with Gasteiger partial charge in [-0.05, 0) is 36.8 Å². The molecule has 9 heteroatoms. The van der Waals surface area contributed by atoms with Crippen molar-refractivity contribution in [3.05, 3.63) is 79.3 Å². The number of benzene rings is 1. The first kappa shape index (κ1) is 20.7. The zero-order chi connectivity index (χ0) is 21.0. The number of unbranched alkanes of at least 4 members (excludes halogenated alkanes) is 1. The maximum Gasteiger partial charge on any atom is 0.330 e. The molecule has 0 aliphatic heterocycles. The number of carbonyl (C=O) groups is 1. The van der Waals surface area contributed by atoms with Crippen LogP contribution in [0.15, 0.2) is 61.1 Å². The number of carbonyl (C=O) groups excluding carboxylic acids is 1. The number of nitrogens with one attached hydrogen (secondary N) is 1. The fraction of sp³-hybridized carbons (Fsp3) is 0.250. The molecule has 0 atom stereocenters. The van der Waals surface area contributed by atoms with Crippen molar-refractivity contribution in [3.63, 3.8) is 0 Å². The maximum atomic E-state index is 13.3. The number of nitrogens with two attached hydrogens (primary N) is 1. The number of aromatic nitrogens is 2. The summed E-state index contributed by atoms with van der Waals surface area (Å²) in [6, 6.07) is 10.2. The fourth-order valence-corrected chi connectivity index (χ4v) is 3.36. The predicted octanol–water partition coefficient (Wildman–Crippen LogP) is 3.12. The number of halogens is 1. The first-order valence-electron chi connectivity index (χ1n) is 9.14. The molecule has 0 spiro atoms. The van der Waals surface area contributed by atoms with Crippen LogP contribution in [-0.4, -0.2) is 15.5 Å². The third-order valence-electron chi connectivity index (χ3n) is 4.43. The summed E-state index contributed by atoms with van der Waals surface area (Å²) < 4.78 is 7.37. The minimum absolute atomic E-state index is 0.0163. The lowest BCUT2D eigenvalue weighted by molar-refractivity contribution is 0.0983. The molecule has 152 valence electrons. The van der Waals surface area contributed by atoms with E-state index in [1.54, 1.807) is 36.4 Å². The predicted molar refractivity (Wildman–Crippen MR) is 114 cm³/mol. The number of furan rings is 1. The van der Waals surface area contributed by atoms with Crippen LogP contribution in [-0.2, 0) is 13.1 Å². The molecular formula is C20H21BrN4O4. The van der Waals surface area contributed by atoms with E-state index in [0.717, 1.165) is 10.9 Å². The highest BCUT2D eigenvalue weighted by molar-refractivity contribution is 9.10. The molecule has 0 saturated carbocycles. The zero-order valence-corrected chi connectivity index (χ0v) is 17.4. The average Bonchev–Trinajstić information content (AvgIpc) is 3.19. The number of anilines is 2. The summed E-state index contributed by atoms with van der Waals surface area (Å²) >= 11 is 3.35. The van der Waals surface area contributed by atoms with Crippen molar-refractivity contribution in [2.24, 2.45) is 0 Å². The molecule has 1 aromatic carbocycles. The highest BCUT2D eigenvalue weighted by Gasteiger charge is 2.26. The van der Waals surface area contributed by atoms with Crippen LogP contribution in [0, 0.1) is 0 Å². The highest BCUT2D eigenvalue weighted by Crippen LogP contribution is 2.23. The molecular weight excluding hydrogens is 440 g/mol. The van der Waals surface area contributed by atoms with Gasteiger partial charge in [0.25, 0.3) is 11.5 Å². The molecule has 2 heterocycles. The van der Waals surface area contributed by atoms with E-state index in [9.17, 15) is 14.4 Å². The molecule has 0 aliphatic rings. The Morgan fingerprint density at radius 3 is 2.72 bits per heavy atom. The molecule has 0 aliphatic carbocycles. The highest BCUT2D eigenvalue weighted by atomic mass is 79.9. The Balaban J connectivity index is 2.15. The topological polar surface area (TPSA) is 114 Å². The molecule has 8 nitrogen and oxygen atoms in total. The standard InChI is InChI=1S/C20H21BrN4O4/c1-2-3-9-24-17(22)16(18(26)23-20(24)28)25(12-15-8-5-10-29-15)19(27)13-6-4-7-14(21)11-13/h4-8,10-11H,2-3,9,12,22H2,1H3,(H,23,26,28). The van der Waals surface area contributed by atoms with Gasteiger partial charge in [0.1, 0.15) is 11.6 Å². The number of nitrogen functional groups attached to an aromatic ring is 1. The minimum atomic E-state index is -0.727. The first-order valence-corrected chi connectivity index (χ1v) is 9.94. The fourth-order valence-electron chi connectivity index (χ4n) is 2.96. The number of rotatable bonds is 7. The normalized spacial score (nSPS) is 10.8. The summed E-state index contributed by atoms with van der Waals surface area (Å²) in [7, 11) is 0. The van der Waals surface area contributed by atoms with Crippen LogP contribution in [0.5, 0.6) is 0 Å². The van der Waals surface area contributed by atoms with Gasteiger partial charge in [-0.1, -0.05) is 35.3 Å². The summed E-state index contributed by atoms with van der Waals surface area (Å²) in [6.45, 7) is 2.30. The van der Waals surface area contributed by atoms with Crippen molar-refractivity contribution in [2.45, 2.75) is 32.9 Å². The summed E-state index contributed by atoms with van der Waals surface area (Å²) in [5.41, 5.74) is 5.16. The number of hydrogen-bond acceptors (Lipinski definition) is 5. The average molecular weight is 461 g/mol. The lowest BCUT2D eigenvalue weighted by atomic mass is 10.2.